The molecule has 0 amide bonds. The Balaban J connectivity index is 2.15. The molecule has 5 heteroatoms. The Morgan fingerprint density at radius 1 is 1.32 bits per heavy atom. The topological polar surface area (TPSA) is 56.3 Å². The minimum Gasteiger partial charge on any atom is -0.379 e. The summed E-state index contributed by atoms with van der Waals surface area (Å²) in [5.74, 6) is 3.02. The van der Waals surface area contributed by atoms with Crippen LogP contribution in [0.15, 0.2) is 12.3 Å². The van der Waals surface area contributed by atoms with Gasteiger partial charge in [0.2, 0.25) is 5.95 Å². The molecular weight excluding hydrogens is 242 g/mol. The van der Waals surface area contributed by atoms with Crippen LogP contribution in [0.25, 0.3) is 0 Å². The molecule has 0 aromatic carbocycles. The third-order valence-corrected chi connectivity index (χ3v) is 3.48. The van der Waals surface area contributed by atoms with Crippen LogP contribution in [0.2, 0.25) is 0 Å². The van der Waals surface area contributed by atoms with Crippen molar-refractivity contribution in [3.8, 4) is 12.3 Å². The van der Waals surface area contributed by atoms with Crippen LogP contribution in [0.4, 0.5) is 5.95 Å². The number of nitrogens with one attached hydrogen (secondary N) is 1. The lowest BCUT2D eigenvalue weighted by atomic mass is 9.89. The van der Waals surface area contributed by atoms with Gasteiger partial charge in [-0.1, -0.05) is 5.92 Å². The Kier molecular flexibility index (Phi) is 4.72. The van der Waals surface area contributed by atoms with Crippen LogP contribution in [0.3, 0.4) is 0 Å². The highest BCUT2D eigenvalue weighted by molar-refractivity contribution is 5.33. The van der Waals surface area contributed by atoms with Crippen molar-refractivity contribution in [1.29, 1.82) is 0 Å². The van der Waals surface area contributed by atoms with Crippen LogP contribution in [-0.2, 0) is 9.47 Å². The first kappa shape index (κ1) is 13.8. The monoisotopic (exact) mass is 261 g/mol. The van der Waals surface area contributed by atoms with Gasteiger partial charge in [-0.05, 0) is 25.3 Å². The molecule has 1 aromatic heterocycles. The molecule has 1 aliphatic carbocycles. The molecule has 0 radical (unpaired) electrons. The summed E-state index contributed by atoms with van der Waals surface area (Å²) >= 11 is 0. The molecular formula is C14H19N3O2. The van der Waals surface area contributed by atoms with Gasteiger partial charge in [-0.2, -0.15) is 0 Å². The first-order valence-electron chi connectivity index (χ1n) is 6.40. The summed E-state index contributed by atoms with van der Waals surface area (Å²) in [6, 6.07) is 1.74. The average Bonchev–Trinajstić information content (AvgIpc) is 2.47. The van der Waals surface area contributed by atoms with Crippen molar-refractivity contribution in [2.24, 2.45) is 0 Å². The van der Waals surface area contributed by atoms with E-state index in [1.807, 2.05) is 0 Å². The van der Waals surface area contributed by atoms with Crippen molar-refractivity contribution >= 4 is 5.95 Å². The Bertz CT molecular complexity index is 446. The van der Waals surface area contributed by atoms with Gasteiger partial charge >= 0.3 is 0 Å². The fraction of sp³-hybridized carbons (Fsp3) is 0.571. The van der Waals surface area contributed by atoms with E-state index in [-0.39, 0.29) is 18.2 Å². The molecule has 0 spiro atoms. The van der Waals surface area contributed by atoms with Crippen LogP contribution >= 0.6 is 0 Å². The normalized spacial score (nSPS) is 26.7. The summed E-state index contributed by atoms with van der Waals surface area (Å²) in [4.78, 5) is 8.44. The minimum absolute atomic E-state index is 0.0387. The Morgan fingerprint density at radius 3 is 2.58 bits per heavy atom. The maximum atomic E-state index is 5.53. The molecule has 19 heavy (non-hydrogen) atoms. The van der Waals surface area contributed by atoms with Gasteiger partial charge in [-0.15, -0.1) is 6.42 Å². The lowest BCUT2D eigenvalue weighted by Crippen LogP contribution is -2.48. The van der Waals surface area contributed by atoms with E-state index in [9.17, 15) is 0 Å². The van der Waals surface area contributed by atoms with Crippen LogP contribution < -0.4 is 5.32 Å². The smallest absolute Gasteiger partial charge is 0.224 e. The zero-order valence-electron chi connectivity index (χ0n) is 11.3. The number of anilines is 1. The number of aromatic nitrogens is 2. The van der Waals surface area contributed by atoms with Crippen molar-refractivity contribution in [2.75, 3.05) is 19.5 Å². The Morgan fingerprint density at radius 2 is 2.00 bits per heavy atom. The molecule has 2 unspecified atom stereocenters. The molecule has 102 valence electrons. The van der Waals surface area contributed by atoms with Crippen molar-refractivity contribution < 1.29 is 9.47 Å². The molecule has 1 saturated carbocycles. The number of ether oxygens (including phenoxy) is 2. The molecule has 1 N–H and O–H groups in total. The van der Waals surface area contributed by atoms with Gasteiger partial charge in [0.25, 0.3) is 0 Å². The Labute approximate surface area is 113 Å². The van der Waals surface area contributed by atoms with Crippen LogP contribution in [0, 0.1) is 12.3 Å². The number of rotatable bonds is 4. The SMILES string of the molecule is C#Cc1ccnc(NC2C(OC)CCCC2OC)n1. The lowest BCUT2D eigenvalue weighted by Gasteiger charge is -2.36. The van der Waals surface area contributed by atoms with E-state index in [4.69, 9.17) is 15.9 Å². The van der Waals surface area contributed by atoms with Crippen molar-refractivity contribution in [3.63, 3.8) is 0 Å². The van der Waals surface area contributed by atoms with E-state index < -0.39 is 0 Å². The maximum absolute atomic E-state index is 5.53. The molecule has 1 fully saturated rings. The second-order valence-electron chi connectivity index (χ2n) is 4.56. The van der Waals surface area contributed by atoms with E-state index >= 15 is 0 Å². The van der Waals surface area contributed by atoms with Gasteiger partial charge in [0.1, 0.15) is 5.69 Å². The second kappa shape index (κ2) is 6.50. The van der Waals surface area contributed by atoms with Gasteiger partial charge in [0.15, 0.2) is 0 Å². The standard InChI is InChI=1S/C14H19N3O2/c1-4-10-8-9-15-14(16-10)17-13-11(18-2)6-5-7-12(13)19-3/h1,8-9,11-13H,5-7H2,2-3H3,(H,15,16,17). The van der Waals surface area contributed by atoms with E-state index in [0.717, 1.165) is 19.3 Å². The molecule has 1 aromatic rings. The molecule has 2 atom stereocenters. The predicted octanol–water partition coefficient (Wildman–Crippen LogP) is 1.45. The molecule has 0 bridgehead atoms. The quantitative estimate of drug-likeness (QED) is 0.831. The summed E-state index contributed by atoms with van der Waals surface area (Å²) in [5.41, 5.74) is 0.566. The lowest BCUT2D eigenvalue weighted by molar-refractivity contribution is -0.0213. The third-order valence-electron chi connectivity index (χ3n) is 3.48. The largest absolute Gasteiger partial charge is 0.379 e. The van der Waals surface area contributed by atoms with E-state index in [2.05, 4.69) is 21.2 Å². The first-order chi connectivity index (χ1) is 9.28. The van der Waals surface area contributed by atoms with Crippen LogP contribution in [-0.4, -0.2) is 42.4 Å². The molecule has 1 aliphatic rings. The predicted molar refractivity (Wildman–Crippen MR) is 72.8 cm³/mol. The number of hydrogen-bond acceptors (Lipinski definition) is 5. The summed E-state index contributed by atoms with van der Waals surface area (Å²) in [5, 5.41) is 3.29. The van der Waals surface area contributed by atoms with Crippen LogP contribution in [0.1, 0.15) is 25.0 Å². The highest BCUT2D eigenvalue weighted by Crippen LogP contribution is 2.25. The zero-order valence-corrected chi connectivity index (χ0v) is 11.3. The highest BCUT2D eigenvalue weighted by atomic mass is 16.5. The van der Waals surface area contributed by atoms with Crippen molar-refractivity contribution in [3.05, 3.63) is 18.0 Å². The minimum atomic E-state index is 0.0387. The average molecular weight is 261 g/mol. The zero-order chi connectivity index (χ0) is 13.7. The number of terminal acetylenes is 1. The van der Waals surface area contributed by atoms with Gasteiger partial charge in [-0.25, -0.2) is 9.97 Å². The van der Waals surface area contributed by atoms with Crippen LogP contribution in [0.5, 0.6) is 0 Å². The molecule has 2 rings (SSSR count). The summed E-state index contributed by atoms with van der Waals surface area (Å²) < 4.78 is 11.1. The highest BCUT2D eigenvalue weighted by Gasteiger charge is 2.34. The summed E-state index contributed by atoms with van der Waals surface area (Å²) in [7, 11) is 3.44. The van der Waals surface area contributed by atoms with E-state index in [1.165, 1.54) is 0 Å². The molecule has 0 aliphatic heterocycles. The number of nitrogens with zero attached hydrogens (tertiary/aromatic N) is 2. The summed E-state index contributed by atoms with van der Waals surface area (Å²) in [6.45, 7) is 0. The third kappa shape index (κ3) is 3.22. The van der Waals surface area contributed by atoms with E-state index in [1.54, 1.807) is 26.5 Å². The van der Waals surface area contributed by atoms with Crippen molar-refractivity contribution in [2.45, 2.75) is 37.5 Å². The van der Waals surface area contributed by atoms with Crippen molar-refractivity contribution in [1.82, 2.24) is 9.97 Å². The molecule has 1 heterocycles. The van der Waals surface area contributed by atoms with Gasteiger partial charge < -0.3 is 14.8 Å². The molecule has 0 saturated heterocycles. The maximum Gasteiger partial charge on any atom is 0.224 e. The fourth-order valence-corrected chi connectivity index (χ4v) is 2.49. The first-order valence-corrected chi connectivity index (χ1v) is 6.40. The fourth-order valence-electron chi connectivity index (χ4n) is 2.49. The summed E-state index contributed by atoms with van der Waals surface area (Å²) in [6.07, 6.45) is 10.3. The van der Waals surface area contributed by atoms with Gasteiger partial charge in [0.05, 0.1) is 18.2 Å². The van der Waals surface area contributed by atoms with E-state index in [0.29, 0.717) is 11.6 Å². The van der Waals surface area contributed by atoms with Gasteiger partial charge in [0, 0.05) is 20.4 Å². The second-order valence-corrected chi connectivity index (χ2v) is 4.56. The van der Waals surface area contributed by atoms with Gasteiger partial charge in [-0.3, -0.25) is 0 Å². The molecule has 5 nitrogen and oxygen atoms in total. The number of hydrogen-bond donors (Lipinski definition) is 1. The number of methoxy groups -OCH3 is 2. The Hall–Kier alpha value is -1.64.